The van der Waals surface area contributed by atoms with Crippen LogP contribution >= 0.6 is 0 Å². The van der Waals surface area contributed by atoms with Crippen molar-refractivity contribution >= 4 is 22.4 Å². The van der Waals surface area contributed by atoms with E-state index in [0.717, 1.165) is 27.5 Å². The van der Waals surface area contributed by atoms with Crippen LogP contribution < -0.4 is 14.8 Å². The van der Waals surface area contributed by atoms with Crippen molar-refractivity contribution in [1.82, 2.24) is 4.98 Å². The van der Waals surface area contributed by atoms with Crippen molar-refractivity contribution in [2.24, 2.45) is 0 Å². The van der Waals surface area contributed by atoms with Gasteiger partial charge in [-0.3, -0.25) is 9.78 Å². The zero-order chi connectivity index (χ0) is 22.5. The number of benzene rings is 3. The Kier molecular flexibility index (Phi) is 6.05. The van der Waals surface area contributed by atoms with E-state index in [9.17, 15) is 4.79 Å². The van der Waals surface area contributed by atoms with Crippen molar-refractivity contribution in [3.63, 3.8) is 0 Å². The average molecular weight is 422 g/mol. The average Bonchev–Trinajstić information content (AvgIpc) is 2.83. The maximum atomic E-state index is 12.9. The third-order valence-electron chi connectivity index (χ3n) is 5.11. The quantitative estimate of drug-likeness (QED) is 0.459. The first-order valence-corrected chi connectivity index (χ1v) is 10.1. The molecule has 1 heterocycles. The summed E-state index contributed by atoms with van der Waals surface area (Å²) < 4.78 is 10.5. The summed E-state index contributed by atoms with van der Waals surface area (Å²) in [6.07, 6.45) is 3.59. The minimum atomic E-state index is -0.241. The highest BCUT2D eigenvalue weighted by molar-refractivity contribution is 6.04. The number of carbonyl (C=O) groups excluding carboxylic acids is 1. The number of rotatable bonds is 4. The van der Waals surface area contributed by atoms with Crippen LogP contribution in [0.5, 0.6) is 11.5 Å². The SMILES string of the molecule is COc1cc(NC(=O)c2ccc(C)c(C#Cc3cncc4ccccc34)c2)cc(OC)c1. The molecule has 3 aromatic carbocycles. The van der Waals surface area contributed by atoms with Crippen molar-refractivity contribution in [1.29, 1.82) is 0 Å². The maximum absolute atomic E-state index is 12.9. The number of aromatic nitrogens is 1. The molecule has 0 aliphatic carbocycles. The number of methoxy groups -OCH3 is 2. The summed E-state index contributed by atoms with van der Waals surface area (Å²) in [5.41, 5.74) is 3.72. The van der Waals surface area contributed by atoms with Gasteiger partial charge in [-0.2, -0.15) is 0 Å². The van der Waals surface area contributed by atoms with E-state index in [4.69, 9.17) is 9.47 Å². The standard InChI is InChI=1S/C27H22N2O3/c1-18-8-9-20(27(30)29-23-13-24(31-2)15-25(14-23)32-3)12-19(18)10-11-22-17-28-16-21-6-4-5-7-26(21)22/h4-9,12-17H,1-3H3,(H,29,30). The topological polar surface area (TPSA) is 60.5 Å². The van der Waals surface area contributed by atoms with Crippen LogP contribution in [0.4, 0.5) is 5.69 Å². The first kappa shape index (κ1) is 21.0. The summed E-state index contributed by atoms with van der Waals surface area (Å²) in [4.78, 5) is 17.2. The third-order valence-corrected chi connectivity index (χ3v) is 5.11. The van der Waals surface area contributed by atoms with E-state index >= 15 is 0 Å². The summed E-state index contributed by atoms with van der Waals surface area (Å²) in [5, 5.41) is 4.98. The maximum Gasteiger partial charge on any atom is 0.255 e. The molecule has 4 aromatic rings. The summed E-state index contributed by atoms with van der Waals surface area (Å²) in [6.45, 7) is 1.97. The molecule has 0 radical (unpaired) electrons. The normalized spacial score (nSPS) is 10.2. The van der Waals surface area contributed by atoms with E-state index in [-0.39, 0.29) is 5.91 Å². The second-order valence-corrected chi connectivity index (χ2v) is 7.24. The molecule has 0 saturated heterocycles. The van der Waals surface area contributed by atoms with Crippen LogP contribution in [0.3, 0.4) is 0 Å². The molecule has 1 aromatic heterocycles. The molecule has 32 heavy (non-hydrogen) atoms. The molecule has 4 rings (SSSR count). The number of carbonyl (C=O) groups is 1. The van der Waals surface area contributed by atoms with E-state index < -0.39 is 0 Å². The number of pyridine rings is 1. The predicted molar refractivity (Wildman–Crippen MR) is 126 cm³/mol. The molecule has 5 heteroatoms. The molecule has 0 atom stereocenters. The Balaban J connectivity index is 1.62. The predicted octanol–water partition coefficient (Wildman–Crippen LogP) is 5.21. The molecule has 0 unspecified atom stereocenters. The van der Waals surface area contributed by atoms with Crippen LogP contribution in [0.15, 0.2) is 73.1 Å². The minimum absolute atomic E-state index is 0.241. The second-order valence-electron chi connectivity index (χ2n) is 7.24. The molecule has 0 fully saturated rings. The summed E-state index contributed by atoms with van der Waals surface area (Å²) in [6, 6.07) is 18.7. The summed E-state index contributed by atoms with van der Waals surface area (Å²) in [5.74, 6) is 7.37. The van der Waals surface area contributed by atoms with Gasteiger partial charge in [0.1, 0.15) is 11.5 Å². The molecule has 5 nitrogen and oxygen atoms in total. The smallest absolute Gasteiger partial charge is 0.255 e. The lowest BCUT2D eigenvalue weighted by Crippen LogP contribution is -2.12. The van der Waals surface area contributed by atoms with Crippen LogP contribution in [0.25, 0.3) is 10.8 Å². The zero-order valence-electron chi connectivity index (χ0n) is 18.1. The highest BCUT2D eigenvalue weighted by Gasteiger charge is 2.10. The first-order chi connectivity index (χ1) is 15.6. The number of nitrogens with zero attached hydrogens (tertiary/aromatic N) is 1. The number of amides is 1. The number of nitrogens with one attached hydrogen (secondary N) is 1. The largest absolute Gasteiger partial charge is 0.497 e. The Bertz CT molecular complexity index is 1340. The lowest BCUT2D eigenvalue weighted by Gasteiger charge is -2.10. The van der Waals surface area contributed by atoms with Gasteiger partial charge in [-0.1, -0.05) is 42.2 Å². The summed E-state index contributed by atoms with van der Waals surface area (Å²) in [7, 11) is 3.13. The van der Waals surface area contributed by atoms with Gasteiger partial charge in [-0.05, 0) is 24.6 Å². The number of hydrogen-bond acceptors (Lipinski definition) is 4. The first-order valence-electron chi connectivity index (χ1n) is 10.1. The van der Waals surface area contributed by atoms with Gasteiger partial charge in [0.25, 0.3) is 5.91 Å². The Labute approximate surface area is 187 Å². The number of anilines is 1. The van der Waals surface area contributed by atoms with Gasteiger partial charge in [0.15, 0.2) is 0 Å². The minimum Gasteiger partial charge on any atom is -0.497 e. The summed E-state index contributed by atoms with van der Waals surface area (Å²) >= 11 is 0. The van der Waals surface area contributed by atoms with Gasteiger partial charge in [-0.25, -0.2) is 0 Å². The van der Waals surface area contributed by atoms with Gasteiger partial charge in [-0.15, -0.1) is 0 Å². The van der Waals surface area contributed by atoms with E-state index in [0.29, 0.717) is 22.7 Å². The van der Waals surface area contributed by atoms with Crippen LogP contribution in [0.2, 0.25) is 0 Å². The molecule has 1 amide bonds. The highest BCUT2D eigenvalue weighted by atomic mass is 16.5. The molecule has 0 bridgehead atoms. The number of aryl methyl sites for hydroxylation is 1. The van der Waals surface area contributed by atoms with E-state index in [2.05, 4.69) is 22.1 Å². The molecular weight excluding hydrogens is 400 g/mol. The Hall–Kier alpha value is -4.30. The van der Waals surface area contributed by atoms with Crippen LogP contribution in [0, 0.1) is 18.8 Å². The number of fused-ring (bicyclic) bond motifs is 1. The Morgan fingerprint density at radius 1 is 0.875 bits per heavy atom. The van der Waals surface area contributed by atoms with Crippen molar-refractivity contribution in [2.75, 3.05) is 19.5 Å². The monoisotopic (exact) mass is 422 g/mol. The Morgan fingerprint density at radius 3 is 2.34 bits per heavy atom. The van der Waals surface area contributed by atoms with Gasteiger partial charge in [0.05, 0.1) is 19.8 Å². The molecule has 0 aliphatic rings. The third kappa shape index (κ3) is 4.55. The van der Waals surface area contributed by atoms with Crippen LogP contribution in [-0.2, 0) is 0 Å². The fourth-order valence-electron chi connectivity index (χ4n) is 3.33. The van der Waals surface area contributed by atoms with Crippen LogP contribution in [-0.4, -0.2) is 25.1 Å². The second kappa shape index (κ2) is 9.23. The molecule has 0 spiro atoms. The van der Waals surface area contributed by atoms with E-state index in [1.807, 2.05) is 43.5 Å². The van der Waals surface area contributed by atoms with Crippen molar-refractivity contribution in [3.05, 3.63) is 95.3 Å². The van der Waals surface area contributed by atoms with Crippen molar-refractivity contribution in [3.8, 4) is 23.3 Å². The van der Waals surface area contributed by atoms with Gasteiger partial charge >= 0.3 is 0 Å². The molecule has 0 saturated carbocycles. The molecule has 158 valence electrons. The van der Waals surface area contributed by atoms with Gasteiger partial charge < -0.3 is 14.8 Å². The fraction of sp³-hybridized carbons (Fsp3) is 0.111. The zero-order valence-corrected chi connectivity index (χ0v) is 18.1. The number of ether oxygens (including phenoxy) is 2. The molecular formula is C27H22N2O3. The number of hydrogen-bond donors (Lipinski definition) is 1. The van der Waals surface area contributed by atoms with E-state index in [1.54, 1.807) is 50.7 Å². The van der Waals surface area contributed by atoms with Gasteiger partial charge in [0, 0.05) is 58.2 Å². The van der Waals surface area contributed by atoms with Crippen LogP contribution in [0.1, 0.15) is 27.0 Å². The van der Waals surface area contributed by atoms with Gasteiger partial charge in [0.2, 0.25) is 0 Å². The van der Waals surface area contributed by atoms with Crippen molar-refractivity contribution in [2.45, 2.75) is 6.92 Å². The molecule has 0 aliphatic heterocycles. The fourth-order valence-corrected chi connectivity index (χ4v) is 3.33. The molecule has 1 N–H and O–H groups in total. The lowest BCUT2D eigenvalue weighted by atomic mass is 10.0. The lowest BCUT2D eigenvalue weighted by molar-refractivity contribution is 0.102. The Morgan fingerprint density at radius 2 is 1.59 bits per heavy atom. The highest BCUT2D eigenvalue weighted by Crippen LogP contribution is 2.26. The van der Waals surface area contributed by atoms with Crippen molar-refractivity contribution < 1.29 is 14.3 Å². The van der Waals surface area contributed by atoms with E-state index in [1.165, 1.54) is 0 Å².